The maximum atomic E-state index is 11.8. The standard InChI is InChI=1S/C15H22N2O4/c1-10(2)13(16)14(18)20-9-21-15(19)17(4)12-7-5-11(3)6-8-12/h5-8,10,13H,9,16H2,1-4H3/t13-/m0/s1. The number of anilines is 1. The Labute approximate surface area is 124 Å². The van der Waals surface area contributed by atoms with Crippen LogP contribution in [0.2, 0.25) is 0 Å². The molecule has 0 aliphatic heterocycles. The van der Waals surface area contributed by atoms with Crippen LogP contribution in [0.25, 0.3) is 0 Å². The van der Waals surface area contributed by atoms with E-state index in [2.05, 4.69) is 0 Å². The van der Waals surface area contributed by atoms with Gasteiger partial charge in [0.05, 0.1) is 0 Å². The van der Waals surface area contributed by atoms with E-state index in [0.29, 0.717) is 5.69 Å². The molecule has 2 N–H and O–H groups in total. The van der Waals surface area contributed by atoms with Crippen LogP contribution < -0.4 is 10.6 Å². The summed E-state index contributed by atoms with van der Waals surface area (Å²) in [6, 6.07) is 6.66. The van der Waals surface area contributed by atoms with Crippen LogP contribution in [0.5, 0.6) is 0 Å². The molecular weight excluding hydrogens is 272 g/mol. The summed E-state index contributed by atoms with van der Waals surface area (Å²) >= 11 is 0. The molecule has 0 fully saturated rings. The van der Waals surface area contributed by atoms with Crippen molar-refractivity contribution >= 4 is 17.7 Å². The second-order valence-corrected chi connectivity index (χ2v) is 5.16. The highest BCUT2D eigenvalue weighted by Gasteiger charge is 2.19. The average Bonchev–Trinajstić information content (AvgIpc) is 2.46. The Morgan fingerprint density at radius 2 is 1.76 bits per heavy atom. The molecule has 0 saturated heterocycles. The van der Waals surface area contributed by atoms with Gasteiger partial charge in [0.2, 0.25) is 6.79 Å². The van der Waals surface area contributed by atoms with E-state index in [1.165, 1.54) is 4.90 Å². The monoisotopic (exact) mass is 294 g/mol. The summed E-state index contributed by atoms with van der Waals surface area (Å²) in [7, 11) is 1.58. The number of hydrogen-bond acceptors (Lipinski definition) is 5. The Kier molecular flexibility index (Phi) is 6.17. The first-order chi connectivity index (χ1) is 9.82. The average molecular weight is 294 g/mol. The molecule has 0 aromatic heterocycles. The molecular formula is C15H22N2O4. The molecule has 6 heteroatoms. The number of hydrogen-bond donors (Lipinski definition) is 1. The number of amides is 1. The van der Waals surface area contributed by atoms with E-state index in [4.69, 9.17) is 15.2 Å². The van der Waals surface area contributed by atoms with Crippen LogP contribution in [0.15, 0.2) is 24.3 Å². The molecule has 116 valence electrons. The van der Waals surface area contributed by atoms with Crippen LogP contribution in [0.1, 0.15) is 19.4 Å². The van der Waals surface area contributed by atoms with Gasteiger partial charge in [-0.1, -0.05) is 31.5 Å². The zero-order valence-electron chi connectivity index (χ0n) is 12.8. The van der Waals surface area contributed by atoms with Crippen molar-refractivity contribution in [2.75, 3.05) is 18.7 Å². The fourth-order valence-corrected chi connectivity index (χ4v) is 1.48. The van der Waals surface area contributed by atoms with Gasteiger partial charge in [-0.3, -0.25) is 9.69 Å². The lowest BCUT2D eigenvalue weighted by atomic mass is 10.1. The van der Waals surface area contributed by atoms with Crippen LogP contribution >= 0.6 is 0 Å². The van der Waals surface area contributed by atoms with Crippen molar-refractivity contribution in [2.24, 2.45) is 11.7 Å². The molecule has 0 bridgehead atoms. The molecule has 1 amide bonds. The smallest absolute Gasteiger partial charge is 0.416 e. The third-order valence-corrected chi connectivity index (χ3v) is 3.07. The van der Waals surface area contributed by atoms with Crippen LogP contribution in [-0.2, 0) is 14.3 Å². The normalized spacial score (nSPS) is 11.9. The molecule has 1 aromatic rings. The lowest BCUT2D eigenvalue weighted by molar-refractivity contribution is -0.154. The summed E-state index contributed by atoms with van der Waals surface area (Å²) in [5, 5.41) is 0. The molecule has 1 atom stereocenters. The number of aryl methyl sites for hydroxylation is 1. The Balaban J connectivity index is 2.43. The topological polar surface area (TPSA) is 81.9 Å². The maximum Gasteiger partial charge on any atom is 0.416 e. The lowest BCUT2D eigenvalue weighted by Gasteiger charge is -2.18. The molecule has 0 aliphatic rings. The third kappa shape index (κ3) is 5.07. The summed E-state index contributed by atoms with van der Waals surface area (Å²) in [5.41, 5.74) is 7.40. The first kappa shape index (κ1) is 17.0. The molecule has 0 aliphatic carbocycles. The van der Waals surface area contributed by atoms with Crippen LogP contribution in [-0.4, -0.2) is 31.9 Å². The van der Waals surface area contributed by atoms with Gasteiger partial charge in [0.15, 0.2) is 0 Å². The summed E-state index contributed by atoms with van der Waals surface area (Å²) in [6.45, 7) is 5.13. The molecule has 21 heavy (non-hydrogen) atoms. The minimum Gasteiger partial charge on any atom is -0.427 e. The lowest BCUT2D eigenvalue weighted by Crippen LogP contribution is -2.38. The van der Waals surface area contributed by atoms with Crippen molar-refractivity contribution in [1.82, 2.24) is 0 Å². The Morgan fingerprint density at radius 1 is 1.19 bits per heavy atom. The summed E-state index contributed by atoms with van der Waals surface area (Å²) < 4.78 is 9.68. The number of ether oxygens (including phenoxy) is 2. The molecule has 0 radical (unpaired) electrons. The molecule has 1 rings (SSSR count). The van der Waals surface area contributed by atoms with E-state index >= 15 is 0 Å². The third-order valence-electron chi connectivity index (χ3n) is 3.07. The van der Waals surface area contributed by atoms with Crippen molar-refractivity contribution in [3.05, 3.63) is 29.8 Å². The molecule has 0 unspecified atom stereocenters. The highest BCUT2D eigenvalue weighted by atomic mass is 16.7. The number of rotatable bonds is 5. The van der Waals surface area contributed by atoms with Gasteiger partial charge in [-0.2, -0.15) is 0 Å². The van der Waals surface area contributed by atoms with E-state index in [-0.39, 0.29) is 5.92 Å². The highest BCUT2D eigenvalue weighted by molar-refractivity contribution is 5.87. The first-order valence-electron chi connectivity index (χ1n) is 6.72. The van der Waals surface area contributed by atoms with E-state index in [1.54, 1.807) is 19.2 Å². The fourth-order valence-electron chi connectivity index (χ4n) is 1.48. The number of nitrogens with zero attached hydrogens (tertiary/aromatic N) is 1. The van der Waals surface area contributed by atoms with Gasteiger partial charge in [0, 0.05) is 12.7 Å². The van der Waals surface area contributed by atoms with Crippen LogP contribution in [0.4, 0.5) is 10.5 Å². The predicted octanol–water partition coefficient (Wildman–Crippen LogP) is 2.05. The van der Waals surface area contributed by atoms with Gasteiger partial charge in [0.25, 0.3) is 0 Å². The molecule has 0 heterocycles. The number of carbonyl (C=O) groups excluding carboxylic acids is 2. The molecule has 0 spiro atoms. The summed E-state index contributed by atoms with van der Waals surface area (Å²) in [4.78, 5) is 24.6. The number of benzene rings is 1. The number of esters is 1. The van der Waals surface area contributed by atoms with Gasteiger partial charge < -0.3 is 15.2 Å². The zero-order valence-corrected chi connectivity index (χ0v) is 12.8. The van der Waals surface area contributed by atoms with Crippen molar-refractivity contribution in [3.63, 3.8) is 0 Å². The van der Waals surface area contributed by atoms with Gasteiger partial charge >= 0.3 is 12.1 Å². The van der Waals surface area contributed by atoms with E-state index in [1.807, 2.05) is 32.9 Å². The molecule has 0 saturated carbocycles. The minimum atomic E-state index is -0.724. The van der Waals surface area contributed by atoms with Gasteiger partial charge in [-0.15, -0.1) is 0 Å². The SMILES string of the molecule is Cc1ccc(N(C)C(=O)OCOC(=O)[C@@H](N)C(C)C)cc1. The highest BCUT2D eigenvalue weighted by Crippen LogP contribution is 2.14. The number of carbonyl (C=O) groups is 2. The van der Waals surface area contributed by atoms with Crippen LogP contribution in [0, 0.1) is 12.8 Å². The number of nitrogens with two attached hydrogens (primary N) is 1. The predicted molar refractivity (Wildman–Crippen MR) is 79.8 cm³/mol. The van der Waals surface area contributed by atoms with Gasteiger partial charge in [-0.05, 0) is 25.0 Å². The second kappa shape index (κ2) is 7.64. The molecule has 1 aromatic carbocycles. The zero-order chi connectivity index (χ0) is 16.0. The maximum absolute atomic E-state index is 11.8. The summed E-state index contributed by atoms with van der Waals surface area (Å²) in [5.74, 6) is -0.626. The van der Waals surface area contributed by atoms with Crippen molar-refractivity contribution < 1.29 is 19.1 Å². The Hall–Kier alpha value is -2.08. The van der Waals surface area contributed by atoms with Gasteiger partial charge in [-0.25, -0.2) is 4.79 Å². The fraction of sp³-hybridized carbons (Fsp3) is 0.467. The van der Waals surface area contributed by atoms with Gasteiger partial charge in [0.1, 0.15) is 6.04 Å². The van der Waals surface area contributed by atoms with E-state index in [0.717, 1.165) is 5.56 Å². The molecule has 6 nitrogen and oxygen atoms in total. The quantitative estimate of drug-likeness (QED) is 0.664. The van der Waals surface area contributed by atoms with E-state index < -0.39 is 24.9 Å². The van der Waals surface area contributed by atoms with Crippen molar-refractivity contribution in [1.29, 1.82) is 0 Å². The van der Waals surface area contributed by atoms with Crippen molar-refractivity contribution in [2.45, 2.75) is 26.8 Å². The largest absolute Gasteiger partial charge is 0.427 e. The second-order valence-electron chi connectivity index (χ2n) is 5.16. The Bertz CT molecular complexity index is 485. The summed E-state index contributed by atoms with van der Waals surface area (Å²) in [6.07, 6.45) is -0.607. The van der Waals surface area contributed by atoms with Crippen LogP contribution in [0.3, 0.4) is 0 Å². The first-order valence-corrected chi connectivity index (χ1v) is 6.72. The minimum absolute atomic E-state index is 0.0385. The Morgan fingerprint density at radius 3 is 2.29 bits per heavy atom. The van der Waals surface area contributed by atoms with Crippen molar-refractivity contribution in [3.8, 4) is 0 Å². The van der Waals surface area contributed by atoms with E-state index in [9.17, 15) is 9.59 Å².